The number of nitrogens with one attached hydrogen (secondary N) is 1. The lowest BCUT2D eigenvalue weighted by Gasteiger charge is -2.57. The summed E-state index contributed by atoms with van der Waals surface area (Å²) in [6, 6.07) is 19.5. The van der Waals surface area contributed by atoms with E-state index in [1.807, 2.05) is 0 Å². The number of imidazole rings is 1. The molecule has 2 aromatic carbocycles. The van der Waals surface area contributed by atoms with E-state index in [1.54, 1.807) is 0 Å². The van der Waals surface area contributed by atoms with Crippen molar-refractivity contribution >= 4 is 44.8 Å². The third-order valence-electron chi connectivity index (χ3n) is 8.07. The largest absolute Gasteiger partial charge is 0.364 e. The van der Waals surface area contributed by atoms with Crippen molar-refractivity contribution in [1.82, 2.24) is 9.38 Å². The second kappa shape index (κ2) is 6.71. The van der Waals surface area contributed by atoms with Crippen LogP contribution >= 0.6 is 22.6 Å². The summed E-state index contributed by atoms with van der Waals surface area (Å²) in [6.45, 7) is 0. The minimum Gasteiger partial charge on any atom is -0.364 e. The van der Waals surface area contributed by atoms with Crippen molar-refractivity contribution in [3.8, 4) is 11.3 Å². The summed E-state index contributed by atoms with van der Waals surface area (Å²) in [7, 11) is 0. The highest BCUT2D eigenvalue weighted by Gasteiger charge is 2.51. The number of anilines is 1. The Labute approximate surface area is 196 Å². The molecule has 4 heteroatoms. The van der Waals surface area contributed by atoms with Gasteiger partial charge >= 0.3 is 0 Å². The van der Waals surface area contributed by atoms with E-state index in [-0.39, 0.29) is 5.54 Å². The summed E-state index contributed by atoms with van der Waals surface area (Å²) in [4.78, 5) is 5.27. The van der Waals surface area contributed by atoms with Crippen LogP contribution in [0.4, 0.5) is 5.82 Å². The van der Waals surface area contributed by atoms with Crippen LogP contribution in [0.1, 0.15) is 38.5 Å². The van der Waals surface area contributed by atoms with Crippen molar-refractivity contribution in [1.29, 1.82) is 0 Å². The molecule has 0 atom stereocenters. The van der Waals surface area contributed by atoms with Gasteiger partial charge in [-0.15, -0.1) is 0 Å². The van der Waals surface area contributed by atoms with Crippen LogP contribution in [0.25, 0.3) is 27.7 Å². The molecule has 0 saturated heterocycles. The van der Waals surface area contributed by atoms with Crippen LogP contribution in [-0.2, 0) is 0 Å². The molecule has 0 amide bonds. The van der Waals surface area contributed by atoms with Crippen LogP contribution in [0.3, 0.4) is 0 Å². The maximum atomic E-state index is 5.27. The number of fused-ring (bicyclic) bond motifs is 3. The molecule has 0 unspecified atom stereocenters. The van der Waals surface area contributed by atoms with Crippen molar-refractivity contribution in [3.05, 3.63) is 64.4 Å². The first-order valence-electron chi connectivity index (χ1n) is 11.6. The summed E-state index contributed by atoms with van der Waals surface area (Å²) in [5, 5.41) is 6.63. The van der Waals surface area contributed by atoms with Gasteiger partial charge in [0.2, 0.25) is 0 Å². The van der Waals surface area contributed by atoms with E-state index in [0.29, 0.717) is 0 Å². The molecule has 31 heavy (non-hydrogen) atoms. The molecule has 0 aliphatic heterocycles. The van der Waals surface area contributed by atoms with E-state index >= 15 is 0 Å². The first-order valence-corrected chi connectivity index (χ1v) is 12.7. The first-order chi connectivity index (χ1) is 15.2. The van der Waals surface area contributed by atoms with E-state index in [4.69, 9.17) is 4.98 Å². The highest BCUT2D eigenvalue weighted by molar-refractivity contribution is 14.1. The Morgan fingerprint density at radius 3 is 2.29 bits per heavy atom. The predicted molar refractivity (Wildman–Crippen MR) is 135 cm³/mol. The van der Waals surface area contributed by atoms with Gasteiger partial charge in [-0.1, -0.05) is 42.5 Å². The molecular formula is C27H26IN3. The maximum Gasteiger partial charge on any atom is 0.147 e. The van der Waals surface area contributed by atoms with E-state index in [0.717, 1.165) is 29.1 Å². The van der Waals surface area contributed by atoms with Gasteiger partial charge in [-0.2, -0.15) is 0 Å². The lowest BCUT2D eigenvalue weighted by atomic mass is 9.53. The second-order valence-electron chi connectivity index (χ2n) is 10.2. The van der Waals surface area contributed by atoms with Gasteiger partial charge in [-0.05, 0) is 96.4 Å². The minimum atomic E-state index is 0.241. The van der Waals surface area contributed by atoms with Gasteiger partial charge < -0.3 is 5.32 Å². The SMILES string of the molecule is Ic1ccccc1-c1nc2c3ccccc3ccn2c1NC12CC3CC(CC(C3)C1)C2. The number of nitrogens with zero attached hydrogens (tertiary/aromatic N) is 2. The van der Waals surface area contributed by atoms with Gasteiger partial charge in [-0.25, -0.2) is 4.98 Å². The number of hydrogen-bond acceptors (Lipinski definition) is 2. The fourth-order valence-electron chi connectivity index (χ4n) is 7.24. The lowest BCUT2D eigenvalue weighted by molar-refractivity contribution is 0.0105. The molecule has 2 aromatic heterocycles. The van der Waals surface area contributed by atoms with Gasteiger partial charge in [0.25, 0.3) is 0 Å². The van der Waals surface area contributed by atoms with Crippen LogP contribution in [0.2, 0.25) is 0 Å². The van der Waals surface area contributed by atoms with Crippen molar-refractivity contribution in [2.75, 3.05) is 5.32 Å². The van der Waals surface area contributed by atoms with Gasteiger partial charge in [-0.3, -0.25) is 4.40 Å². The second-order valence-corrected chi connectivity index (χ2v) is 11.4. The Morgan fingerprint density at radius 1 is 0.871 bits per heavy atom. The van der Waals surface area contributed by atoms with Gasteiger partial charge in [0, 0.05) is 26.3 Å². The summed E-state index contributed by atoms with van der Waals surface area (Å²) in [5.74, 6) is 3.93. The zero-order valence-electron chi connectivity index (χ0n) is 17.5. The summed E-state index contributed by atoms with van der Waals surface area (Å²) in [5.41, 5.74) is 3.62. The van der Waals surface area contributed by atoms with E-state index < -0.39 is 0 Å². The third-order valence-corrected chi connectivity index (χ3v) is 9.01. The van der Waals surface area contributed by atoms with Gasteiger partial charge in [0.15, 0.2) is 0 Å². The number of aromatic nitrogens is 2. The zero-order valence-corrected chi connectivity index (χ0v) is 19.7. The molecule has 4 saturated carbocycles. The Balaban J connectivity index is 1.45. The van der Waals surface area contributed by atoms with Gasteiger partial charge in [0.1, 0.15) is 17.2 Å². The number of benzene rings is 2. The predicted octanol–water partition coefficient (Wildman–Crippen LogP) is 7.14. The Bertz CT molecular complexity index is 1290. The molecule has 1 N–H and O–H groups in total. The number of pyridine rings is 1. The molecule has 0 spiro atoms. The average Bonchev–Trinajstić information content (AvgIpc) is 3.11. The van der Waals surface area contributed by atoms with Crippen molar-refractivity contribution in [3.63, 3.8) is 0 Å². The highest BCUT2D eigenvalue weighted by Crippen LogP contribution is 2.57. The smallest absolute Gasteiger partial charge is 0.147 e. The molecular weight excluding hydrogens is 493 g/mol. The van der Waals surface area contributed by atoms with Crippen LogP contribution < -0.4 is 5.32 Å². The molecule has 4 aliphatic carbocycles. The topological polar surface area (TPSA) is 29.3 Å². The molecule has 2 heterocycles. The lowest BCUT2D eigenvalue weighted by Crippen LogP contribution is -2.55. The molecule has 4 aliphatic rings. The average molecular weight is 519 g/mol. The maximum absolute atomic E-state index is 5.27. The number of rotatable bonds is 3. The third kappa shape index (κ3) is 2.86. The Kier molecular flexibility index (Phi) is 4.00. The number of halogens is 1. The Morgan fingerprint density at radius 2 is 1.55 bits per heavy atom. The van der Waals surface area contributed by atoms with Crippen LogP contribution in [0.5, 0.6) is 0 Å². The van der Waals surface area contributed by atoms with Crippen molar-refractivity contribution in [2.24, 2.45) is 17.8 Å². The molecule has 156 valence electrons. The summed E-state index contributed by atoms with van der Waals surface area (Å²) >= 11 is 2.45. The van der Waals surface area contributed by atoms with Crippen LogP contribution in [0.15, 0.2) is 60.8 Å². The van der Waals surface area contributed by atoms with E-state index in [9.17, 15) is 0 Å². The summed E-state index contributed by atoms with van der Waals surface area (Å²) < 4.78 is 3.57. The highest BCUT2D eigenvalue weighted by atomic mass is 127. The molecule has 4 bridgehead atoms. The fourth-order valence-corrected chi connectivity index (χ4v) is 7.89. The summed E-state index contributed by atoms with van der Waals surface area (Å²) in [6.07, 6.45) is 10.6. The monoisotopic (exact) mass is 519 g/mol. The zero-order chi connectivity index (χ0) is 20.6. The fraction of sp³-hybridized carbons (Fsp3) is 0.370. The van der Waals surface area contributed by atoms with Crippen LogP contribution in [0, 0.1) is 21.3 Å². The molecule has 4 fully saturated rings. The normalized spacial score (nSPS) is 29.1. The van der Waals surface area contributed by atoms with E-state index in [1.165, 1.54) is 64.2 Å². The van der Waals surface area contributed by atoms with Crippen LogP contribution in [-0.4, -0.2) is 14.9 Å². The first kappa shape index (κ1) is 18.5. The molecule has 3 nitrogen and oxygen atoms in total. The quantitative estimate of drug-likeness (QED) is 0.292. The van der Waals surface area contributed by atoms with Gasteiger partial charge in [0.05, 0.1) is 0 Å². The van der Waals surface area contributed by atoms with E-state index in [2.05, 4.69) is 93.1 Å². The van der Waals surface area contributed by atoms with Crippen molar-refractivity contribution in [2.45, 2.75) is 44.1 Å². The minimum absolute atomic E-state index is 0.241. The molecule has 4 aromatic rings. The molecule has 0 radical (unpaired) electrons. The number of hydrogen-bond donors (Lipinski definition) is 1. The standard InChI is InChI=1S/C27H26IN3/c28-23-8-4-3-7-22(23)24-26(30-27-14-17-11-18(15-27)13-19(12-17)16-27)31-10-9-20-5-1-2-6-21(20)25(31)29-24/h1-10,17-19,30H,11-16H2. The van der Waals surface area contributed by atoms with Crippen molar-refractivity contribution < 1.29 is 0 Å². The molecule has 8 rings (SSSR count). The Hall–Kier alpha value is -2.08.